The Bertz CT molecular complexity index is 681. The third-order valence-corrected chi connectivity index (χ3v) is 4.60. The van der Waals surface area contributed by atoms with Gasteiger partial charge >= 0.3 is 0 Å². The summed E-state index contributed by atoms with van der Waals surface area (Å²) in [5, 5.41) is 4.86. The molecule has 0 saturated heterocycles. The Balaban J connectivity index is 1.68. The standard InChI is InChI=1S/C16H18N2S/c1-11-3-6-16(19-11)12(2)18-10-13-4-5-15-14(9-13)7-8-17-15/h3-9,12,17-18H,10H2,1-2H3. The first-order valence-corrected chi connectivity index (χ1v) is 7.40. The molecule has 1 unspecified atom stereocenters. The van der Waals surface area contributed by atoms with Crippen molar-refractivity contribution in [2.75, 3.05) is 0 Å². The zero-order valence-electron chi connectivity index (χ0n) is 11.2. The number of aromatic nitrogens is 1. The number of rotatable bonds is 4. The highest BCUT2D eigenvalue weighted by Gasteiger charge is 2.07. The second-order valence-electron chi connectivity index (χ2n) is 4.95. The third-order valence-electron chi connectivity index (χ3n) is 3.42. The minimum Gasteiger partial charge on any atom is -0.361 e. The van der Waals surface area contributed by atoms with Crippen molar-refractivity contribution in [2.24, 2.45) is 0 Å². The Morgan fingerprint density at radius 3 is 2.89 bits per heavy atom. The predicted molar refractivity (Wildman–Crippen MR) is 82.6 cm³/mol. The zero-order valence-corrected chi connectivity index (χ0v) is 12.1. The largest absolute Gasteiger partial charge is 0.361 e. The lowest BCUT2D eigenvalue weighted by Crippen LogP contribution is -2.17. The number of H-pyrrole nitrogens is 1. The monoisotopic (exact) mass is 270 g/mol. The van der Waals surface area contributed by atoms with Crippen LogP contribution >= 0.6 is 11.3 Å². The molecule has 1 atom stereocenters. The molecule has 0 spiro atoms. The maximum absolute atomic E-state index is 3.59. The summed E-state index contributed by atoms with van der Waals surface area (Å²) in [5.74, 6) is 0. The van der Waals surface area contributed by atoms with Gasteiger partial charge in [0.05, 0.1) is 0 Å². The molecule has 0 bridgehead atoms. The molecule has 0 aliphatic rings. The molecule has 2 nitrogen and oxygen atoms in total. The lowest BCUT2D eigenvalue weighted by atomic mass is 10.1. The van der Waals surface area contributed by atoms with E-state index in [1.54, 1.807) is 0 Å². The summed E-state index contributed by atoms with van der Waals surface area (Å²) in [4.78, 5) is 6.00. The van der Waals surface area contributed by atoms with E-state index in [1.165, 1.54) is 26.2 Å². The van der Waals surface area contributed by atoms with Crippen LogP contribution in [-0.4, -0.2) is 4.98 Å². The first-order valence-electron chi connectivity index (χ1n) is 6.58. The normalized spacial score (nSPS) is 12.9. The van der Waals surface area contributed by atoms with Crippen molar-refractivity contribution < 1.29 is 0 Å². The van der Waals surface area contributed by atoms with Crippen LogP contribution < -0.4 is 5.32 Å². The van der Waals surface area contributed by atoms with E-state index >= 15 is 0 Å². The van der Waals surface area contributed by atoms with Crippen LogP contribution in [-0.2, 0) is 6.54 Å². The molecule has 3 heteroatoms. The summed E-state index contributed by atoms with van der Waals surface area (Å²) in [7, 11) is 0. The van der Waals surface area contributed by atoms with Gasteiger partial charge in [-0.3, -0.25) is 0 Å². The Kier molecular flexibility index (Phi) is 3.40. The minimum absolute atomic E-state index is 0.403. The van der Waals surface area contributed by atoms with Crippen LogP contribution in [0, 0.1) is 6.92 Å². The predicted octanol–water partition coefficient (Wildman–Crippen LogP) is 4.39. The molecule has 3 rings (SSSR count). The third kappa shape index (κ3) is 2.72. The molecule has 19 heavy (non-hydrogen) atoms. The fraction of sp³-hybridized carbons (Fsp3) is 0.250. The van der Waals surface area contributed by atoms with E-state index in [4.69, 9.17) is 0 Å². The van der Waals surface area contributed by atoms with Crippen molar-refractivity contribution in [1.29, 1.82) is 0 Å². The number of nitrogens with one attached hydrogen (secondary N) is 2. The first-order chi connectivity index (χ1) is 9.22. The highest BCUT2D eigenvalue weighted by atomic mass is 32.1. The van der Waals surface area contributed by atoms with E-state index in [0.717, 1.165) is 6.54 Å². The van der Waals surface area contributed by atoms with Gasteiger partial charge in [-0.2, -0.15) is 0 Å². The van der Waals surface area contributed by atoms with Crippen molar-refractivity contribution in [2.45, 2.75) is 26.4 Å². The fourth-order valence-corrected chi connectivity index (χ4v) is 3.17. The topological polar surface area (TPSA) is 27.8 Å². The minimum atomic E-state index is 0.403. The maximum Gasteiger partial charge on any atom is 0.0454 e. The average Bonchev–Trinajstić information content (AvgIpc) is 3.03. The SMILES string of the molecule is Cc1ccc(C(C)NCc2ccc3[nH]ccc3c2)s1. The number of benzene rings is 1. The molecule has 1 aromatic carbocycles. The number of hydrogen-bond donors (Lipinski definition) is 2. The summed E-state index contributed by atoms with van der Waals surface area (Å²) in [5.41, 5.74) is 2.53. The number of aromatic amines is 1. The highest BCUT2D eigenvalue weighted by Crippen LogP contribution is 2.23. The van der Waals surface area contributed by atoms with Crippen LogP contribution in [0.1, 0.15) is 28.3 Å². The Hall–Kier alpha value is -1.58. The molecule has 2 N–H and O–H groups in total. The molecule has 0 fully saturated rings. The van der Waals surface area contributed by atoms with E-state index in [0.29, 0.717) is 6.04 Å². The number of fused-ring (bicyclic) bond motifs is 1. The van der Waals surface area contributed by atoms with E-state index in [1.807, 2.05) is 17.5 Å². The summed E-state index contributed by atoms with van der Waals surface area (Å²) >= 11 is 1.87. The molecule has 2 aromatic heterocycles. The van der Waals surface area contributed by atoms with Gasteiger partial charge in [0.1, 0.15) is 0 Å². The molecular weight excluding hydrogens is 252 g/mol. The maximum atomic E-state index is 3.59. The van der Waals surface area contributed by atoms with Crippen molar-refractivity contribution in [3.63, 3.8) is 0 Å². The van der Waals surface area contributed by atoms with Gasteiger partial charge in [0.25, 0.3) is 0 Å². The number of hydrogen-bond acceptors (Lipinski definition) is 2. The first kappa shape index (κ1) is 12.5. The smallest absolute Gasteiger partial charge is 0.0454 e. The quantitative estimate of drug-likeness (QED) is 0.723. The van der Waals surface area contributed by atoms with Crippen LogP contribution in [0.3, 0.4) is 0 Å². The average molecular weight is 270 g/mol. The van der Waals surface area contributed by atoms with Gasteiger partial charge < -0.3 is 10.3 Å². The molecule has 2 heterocycles. The Morgan fingerprint density at radius 1 is 1.21 bits per heavy atom. The Labute approximate surface area is 117 Å². The summed E-state index contributed by atoms with van der Waals surface area (Å²) < 4.78 is 0. The highest BCUT2D eigenvalue weighted by molar-refractivity contribution is 7.12. The van der Waals surface area contributed by atoms with Gasteiger partial charge in [0.15, 0.2) is 0 Å². The molecule has 0 saturated carbocycles. The molecule has 0 aliphatic heterocycles. The van der Waals surface area contributed by atoms with Gasteiger partial charge in [-0.1, -0.05) is 6.07 Å². The second kappa shape index (κ2) is 5.19. The van der Waals surface area contributed by atoms with Crippen molar-refractivity contribution in [3.8, 4) is 0 Å². The van der Waals surface area contributed by atoms with E-state index in [-0.39, 0.29) is 0 Å². The van der Waals surface area contributed by atoms with Crippen LogP contribution in [0.5, 0.6) is 0 Å². The molecule has 0 aliphatic carbocycles. The van der Waals surface area contributed by atoms with Gasteiger partial charge in [0.2, 0.25) is 0 Å². The van der Waals surface area contributed by atoms with E-state index < -0.39 is 0 Å². The molecular formula is C16H18N2S. The van der Waals surface area contributed by atoms with Crippen molar-refractivity contribution in [1.82, 2.24) is 10.3 Å². The number of aryl methyl sites for hydroxylation is 1. The summed E-state index contributed by atoms with van der Waals surface area (Å²) in [6.07, 6.45) is 1.99. The van der Waals surface area contributed by atoms with Gasteiger partial charge in [-0.05, 0) is 55.1 Å². The zero-order chi connectivity index (χ0) is 13.2. The lowest BCUT2D eigenvalue weighted by molar-refractivity contribution is 0.583. The second-order valence-corrected chi connectivity index (χ2v) is 6.27. The summed E-state index contributed by atoms with van der Waals surface area (Å²) in [6, 6.07) is 13.5. The van der Waals surface area contributed by atoms with Gasteiger partial charge in [-0.15, -0.1) is 11.3 Å². The van der Waals surface area contributed by atoms with Crippen LogP contribution in [0.25, 0.3) is 10.9 Å². The van der Waals surface area contributed by atoms with Crippen LogP contribution in [0.15, 0.2) is 42.6 Å². The van der Waals surface area contributed by atoms with Crippen molar-refractivity contribution >= 4 is 22.2 Å². The molecule has 0 amide bonds. The number of thiophene rings is 1. The van der Waals surface area contributed by atoms with Gasteiger partial charge in [-0.25, -0.2) is 0 Å². The van der Waals surface area contributed by atoms with Gasteiger partial charge in [0, 0.05) is 34.1 Å². The summed E-state index contributed by atoms with van der Waals surface area (Å²) in [6.45, 7) is 5.28. The van der Waals surface area contributed by atoms with Crippen molar-refractivity contribution in [3.05, 3.63) is 57.9 Å². The molecule has 3 aromatic rings. The fourth-order valence-electron chi connectivity index (χ4n) is 2.27. The molecule has 98 valence electrons. The lowest BCUT2D eigenvalue weighted by Gasteiger charge is -2.12. The van der Waals surface area contributed by atoms with Crippen LogP contribution in [0.4, 0.5) is 0 Å². The Morgan fingerprint density at radius 2 is 2.11 bits per heavy atom. The van der Waals surface area contributed by atoms with E-state index in [2.05, 4.69) is 60.5 Å². The van der Waals surface area contributed by atoms with E-state index in [9.17, 15) is 0 Å². The van der Waals surface area contributed by atoms with Crippen LogP contribution in [0.2, 0.25) is 0 Å². The molecule has 0 radical (unpaired) electrons.